The van der Waals surface area contributed by atoms with Crippen LogP contribution in [0.25, 0.3) is 33.3 Å². The number of aryl methyl sites for hydroxylation is 2. The molecule has 0 bridgehead atoms. The molecule has 7 nitrogen and oxygen atoms in total. The molecule has 192 valence electrons. The van der Waals surface area contributed by atoms with Crippen LogP contribution in [-0.4, -0.2) is 30.8 Å². The quantitative estimate of drug-likeness (QED) is 0.261. The van der Waals surface area contributed by atoms with Gasteiger partial charge in [-0.15, -0.1) is 0 Å². The molecule has 0 spiro atoms. The molecule has 7 heteroatoms. The number of aromatic nitrogens is 4. The van der Waals surface area contributed by atoms with Crippen LogP contribution in [0.3, 0.4) is 0 Å². The maximum Gasteiger partial charge on any atom is 0.335 e. The third-order valence-electron chi connectivity index (χ3n) is 7.82. The van der Waals surface area contributed by atoms with Crippen molar-refractivity contribution in [2.45, 2.75) is 52.0 Å². The van der Waals surface area contributed by atoms with Crippen LogP contribution in [0.1, 0.15) is 65.7 Å². The third kappa shape index (κ3) is 4.28. The van der Waals surface area contributed by atoms with Gasteiger partial charge in [0, 0.05) is 35.3 Å². The SMILES string of the molecule is Cc1noc(C)c1-c1cnc2c(-c3ccc(C(=O)O)cc3)cn([C@@H](c3ccccn3)C3CCCCC3)c2c1. The topological polar surface area (TPSA) is 94.0 Å². The standard InChI is InChI=1S/C31H30N4O3/c1-19-28(20(2)38-34-19)24-16-27-29(33-17-24)25(21-11-13-23(14-12-21)31(36)37)18-35(27)30(22-8-4-3-5-9-22)26-10-6-7-15-32-26/h6-7,10-18,22,30H,3-5,8-9H2,1-2H3,(H,36,37)/t30-/m1/s1. The minimum absolute atomic E-state index is 0.0627. The highest BCUT2D eigenvalue weighted by atomic mass is 16.5. The van der Waals surface area contributed by atoms with E-state index in [0.717, 1.165) is 63.3 Å². The normalized spacial score (nSPS) is 15.1. The van der Waals surface area contributed by atoms with Crippen LogP contribution in [0, 0.1) is 19.8 Å². The molecule has 1 aliphatic carbocycles. The van der Waals surface area contributed by atoms with E-state index < -0.39 is 5.97 Å². The highest BCUT2D eigenvalue weighted by molar-refractivity contribution is 5.96. The molecule has 1 atom stereocenters. The van der Waals surface area contributed by atoms with Crippen molar-refractivity contribution < 1.29 is 14.4 Å². The number of nitrogens with zero attached hydrogens (tertiary/aromatic N) is 4. The van der Waals surface area contributed by atoms with Gasteiger partial charge in [0.25, 0.3) is 0 Å². The van der Waals surface area contributed by atoms with Crippen molar-refractivity contribution in [1.29, 1.82) is 0 Å². The van der Waals surface area contributed by atoms with Crippen LogP contribution in [0.4, 0.5) is 0 Å². The van der Waals surface area contributed by atoms with Crippen molar-refractivity contribution in [2.24, 2.45) is 5.92 Å². The van der Waals surface area contributed by atoms with Gasteiger partial charge in [0.2, 0.25) is 0 Å². The van der Waals surface area contributed by atoms with E-state index in [1.165, 1.54) is 19.3 Å². The van der Waals surface area contributed by atoms with Crippen molar-refractivity contribution >= 4 is 17.0 Å². The Hall–Kier alpha value is -4.26. The van der Waals surface area contributed by atoms with Crippen molar-refractivity contribution in [3.63, 3.8) is 0 Å². The second-order valence-corrected chi connectivity index (χ2v) is 10.2. The van der Waals surface area contributed by atoms with Crippen LogP contribution < -0.4 is 0 Å². The van der Waals surface area contributed by atoms with Crippen LogP contribution in [0.2, 0.25) is 0 Å². The number of aromatic carboxylic acids is 1. The predicted molar refractivity (Wildman–Crippen MR) is 146 cm³/mol. The Balaban J connectivity index is 1.59. The first-order valence-electron chi connectivity index (χ1n) is 13.2. The van der Waals surface area contributed by atoms with Gasteiger partial charge in [-0.05, 0) is 68.5 Å². The minimum Gasteiger partial charge on any atom is -0.478 e. The lowest BCUT2D eigenvalue weighted by Gasteiger charge is -2.31. The molecule has 0 saturated heterocycles. The molecule has 1 aliphatic rings. The number of hydrogen-bond acceptors (Lipinski definition) is 5. The molecule has 0 aliphatic heterocycles. The fraction of sp³-hybridized carbons (Fsp3) is 0.290. The maximum atomic E-state index is 11.5. The number of fused-ring (bicyclic) bond motifs is 1. The van der Waals surface area contributed by atoms with E-state index in [4.69, 9.17) is 14.5 Å². The van der Waals surface area contributed by atoms with E-state index >= 15 is 0 Å². The van der Waals surface area contributed by atoms with Gasteiger partial charge < -0.3 is 14.2 Å². The molecule has 4 aromatic heterocycles. The number of carbonyl (C=O) groups is 1. The number of hydrogen-bond donors (Lipinski definition) is 1. The molecule has 5 aromatic rings. The summed E-state index contributed by atoms with van der Waals surface area (Å²) in [4.78, 5) is 21.2. The maximum absolute atomic E-state index is 11.5. The third-order valence-corrected chi connectivity index (χ3v) is 7.82. The summed E-state index contributed by atoms with van der Waals surface area (Å²) in [5.74, 6) is 0.285. The lowest BCUT2D eigenvalue weighted by Crippen LogP contribution is -2.23. The second kappa shape index (κ2) is 9.89. The Bertz CT molecular complexity index is 1580. The zero-order chi connectivity index (χ0) is 26.2. The van der Waals surface area contributed by atoms with E-state index in [1.807, 2.05) is 44.4 Å². The van der Waals surface area contributed by atoms with E-state index in [-0.39, 0.29) is 11.6 Å². The van der Waals surface area contributed by atoms with E-state index in [0.29, 0.717) is 5.92 Å². The summed E-state index contributed by atoms with van der Waals surface area (Å²) in [6, 6.07) is 15.4. The molecular formula is C31H30N4O3. The summed E-state index contributed by atoms with van der Waals surface area (Å²) in [7, 11) is 0. The Kier molecular flexibility index (Phi) is 6.27. The molecule has 1 N–H and O–H groups in total. The minimum atomic E-state index is -0.936. The summed E-state index contributed by atoms with van der Waals surface area (Å²) in [5, 5.41) is 13.6. The summed E-state index contributed by atoms with van der Waals surface area (Å²) in [6.45, 7) is 3.87. The zero-order valence-corrected chi connectivity index (χ0v) is 21.6. The number of rotatable bonds is 6. The molecule has 4 heterocycles. The Morgan fingerprint density at radius 2 is 1.82 bits per heavy atom. The van der Waals surface area contributed by atoms with Gasteiger partial charge in [0.1, 0.15) is 5.76 Å². The first-order chi connectivity index (χ1) is 18.5. The number of pyridine rings is 2. The average Bonchev–Trinajstić information content (AvgIpc) is 3.49. The smallest absolute Gasteiger partial charge is 0.335 e. The summed E-state index contributed by atoms with van der Waals surface area (Å²) >= 11 is 0. The van der Waals surface area contributed by atoms with E-state index in [9.17, 15) is 9.90 Å². The lowest BCUT2D eigenvalue weighted by atomic mass is 9.82. The lowest BCUT2D eigenvalue weighted by molar-refractivity contribution is 0.0697. The summed E-state index contributed by atoms with van der Waals surface area (Å²) < 4.78 is 7.82. The number of benzene rings is 1. The van der Waals surface area contributed by atoms with Gasteiger partial charge in [-0.1, -0.05) is 42.6 Å². The Morgan fingerprint density at radius 1 is 1.03 bits per heavy atom. The molecular weight excluding hydrogens is 476 g/mol. The monoisotopic (exact) mass is 506 g/mol. The molecule has 0 unspecified atom stereocenters. The number of carboxylic acids is 1. The van der Waals surface area contributed by atoms with Crippen LogP contribution in [0.15, 0.2) is 71.6 Å². The van der Waals surface area contributed by atoms with Crippen molar-refractivity contribution in [2.75, 3.05) is 0 Å². The molecule has 0 radical (unpaired) electrons. The molecule has 38 heavy (non-hydrogen) atoms. The summed E-state index contributed by atoms with van der Waals surface area (Å²) in [6.07, 6.45) is 12.0. The molecule has 0 amide bonds. The fourth-order valence-electron chi connectivity index (χ4n) is 6.00. The average molecular weight is 507 g/mol. The van der Waals surface area contributed by atoms with Gasteiger partial charge in [0.05, 0.1) is 34.0 Å². The van der Waals surface area contributed by atoms with Gasteiger partial charge >= 0.3 is 5.97 Å². The highest BCUT2D eigenvalue weighted by Gasteiger charge is 2.30. The number of carboxylic acid groups (broad SMARTS) is 1. The van der Waals surface area contributed by atoms with E-state index in [1.54, 1.807) is 12.1 Å². The van der Waals surface area contributed by atoms with E-state index in [2.05, 4.69) is 34.1 Å². The molecule has 6 rings (SSSR count). The van der Waals surface area contributed by atoms with Gasteiger partial charge in [-0.2, -0.15) is 0 Å². The van der Waals surface area contributed by atoms with Crippen LogP contribution in [0.5, 0.6) is 0 Å². The zero-order valence-electron chi connectivity index (χ0n) is 21.6. The first kappa shape index (κ1) is 24.1. The molecule has 1 fully saturated rings. The molecule has 1 saturated carbocycles. The predicted octanol–water partition coefficient (Wildman–Crippen LogP) is 7.24. The van der Waals surface area contributed by atoms with Gasteiger partial charge in [-0.25, -0.2) is 4.79 Å². The Labute approximate surface area is 221 Å². The van der Waals surface area contributed by atoms with Gasteiger partial charge in [0.15, 0.2) is 0 Å². The van der Waals surface area contributed by atoms with Gasteiger partial charge in [-0.3, -0.25) is 9.97 Å². The summed E-state index contributed by atoms with van der Waals surface area (Å²) in [5.41, 5.74) is 7.86. The second-order valence-electron chi connectivity index (χ2n) is 10.2. The highest BCUT2D eigenvalue weighted by Crippen LogP contribution is 2.42. The van der Waals surface area contributed by atoms with Crippen LogP contribution in [-0.2, 0) is 0 Å². The van der Waals surface area contributed by atoms with Crippen molar-refractivity contribution in [3.05, 3.63) is 89.8 Å². The largest absolute Gasteiger partial charge is 0.478 e. The Morgan fingerprint density at radius 3 is 2.47 bits per heavy atom. The van der Waals surface area contributed by atoms with Crippen molar-refractivity contribution in [3.8, 4) is 22.3 Å². The fourth-order valence-corrected chi connectivity index (χ4v) is 6.00. The first-order valence-corrected chi connectivity index (χ1v) is 13.2. The molecule has 1 aromatic carbocycles. The van der Waals surface area contributed by atoms with Crippen LogP contribution >= 0.6 is 0 Å². The van der Waals surface area contributed by atoms with Crippen molar-refractivity contribution in [1.82, 2.24) is 19.7 Å².